The van der Waals surface area contributed by atoms with Gasteiger partial charge in [-0.2, -0.15) is 0 Å². The van der Waals surface area contributed by atoms with E-state index in [1.54, 1.807) is 29.5 Å². The summed E-state index contributed by atoms with van der Waals surface area (Å²) in [7, 11) is 0. The highest BCUT2D eigenvalue weighted by Crippen LogP contribution is 2.34. The molecule has 0 N–H and O–H groups in total. The Morgan fingerprint density at radius 3 is 2.81 bits per heavy atom. The molecular weight excluding hydrogens is 348 g/mol. The standard InChI is InChI=1S/C20H18N2O3S/c1-3-8-22-19(24)15-5-4-13(11-16(15)20(22)25)18(23)21-9-6-17-14(12(21)2)7-10-26-17/h3-5,7,10-12H,1,6,8-9H2,2H3/t12-/m1/s1. The third kappa shape index (κ3) is 2.41. The average Bonchev–Trinajstić information content (AvgIpc) is 3.21. The van der Waals surface area contributed by atoms with Gasteiger partial charge < -0.3 is 4.90 Å². The molecule has 1 aromatic carbocycles. The van der Waals surface area contributed by atoms with Crippen LogP contribution < -0.4 is 0 Å². The van der Waals surface area contributed by atoms with Crippen molar-refractivity contribution in [1.82, 2.24) is 9.80 Å². The van der Waals surface area contributed by atoms with E-state index in [1.807, 2.05) is 11.8 Å². The number of thiophene rings is 1. The van der Waals surface area contributed by atoms with Crippen LogP contribution in [0, 0.1) is 0 Å². The van der Waals surface area contributed by atoms with E-state index in [9.17, 15) is 14.4 Å². The Balaban J connectivity index is 1.65. The summed E-state index contributed by atoms with van der Waals surface area (Å²) in [6.45, 7) is 6.42. The van der Waals surface area contributed by atoms with Crippen LogP contribution in [0.1, 0.15) is 54.5 Å². The fourth-order valence-electron chi connectivity index (χ4n) is 3.67. The fraction of sp³-hybridized carbons (Fsp3) is 0.250. The summed E-state index contributed by atoms with van der Waals surface area (Å²) < 4.78 is 0. The number of rotatable bonds is 3. The highest BCUT2D eigenvalue weighted by molar-refractivity contribution is 7.10. The van der Waals surface area contributed by atoms with Gasteiger partial charge in [-0.15, -0.1) is 17.9 Å². The molecule has 0 aliphatic carbocycles. The first-order chi connectivity index (χ1) is 12.5. The third-order valence-electron chi connectivity index (χ3n) is 5.07. The van der Waals surface area contributed by atoms with Crippen LogP contribution in [-0.4, -0.2) is 40.6 Å². The van der Waals surface area contributed by atoms with Gasteiger partial charge in [0.15, 0.2) is 0 Å². The Labute approximate surface area is 155 Å². The van der Waals surface area contributed by atoms with Crippen LogP contribution in [0.5, 0.6) is 0 Å². The molecular formula is C20H18N2O3S. The lowest BCUT2D eigenvalue weighted by molar-refractivity contribution is 0.0667. The maximum Gasteiger partial charge on any atom is 0.261 e. The molecule has 1 atom stereocenters. The first-order valence-corrected chi connectivity index (χ1v) is 9.39. The molecule has 132 valence electrons. The Morgan fingerprint density at radius 1 is 1.27 bits per heavy atom. The zero-order chi connectivity index (χ0) is 18.4. The van der Waals surface area contributed by atoms with Crippen molar-refractivity contribution in [3.63, 3.8) is 0 Å². The van der Waals surface area contributed by atoms with Crippen LogP contribution >= 0.6 is 11.3 Å². The lowest BCUT2D eigenvalue weighted by Gasteiger charge is -2.33. The molecule has 4 rings (SSSR count). The molecule has 0 fully saturated rings. The van der Waals surface area contributed by atoms with Crippen molar-refractivity contribution in [3.8, 4) is 0 Å². The predicted octanol–water partition coefficient (Wildman–Crippen LogP) is 3.29. The number of imide groups is 1. The molecule has 0 spiro atoms. The van der Waals surface area contributed by atoms with Crippen LogP contribution in [0.4, 0.5) is 0 Å². The summed E-state index contributed by atoms with van der Waals surface area (Å²) in [6.07, 6.45) is 2.36. The SMILES string of the molecule is C=CCN1C(=O)c2ccc(C(=O)N3CCc4sccc4[C@H]3C)cc2C1=O. The molecule has 0 saturated heterocycles. The zero-order valence-electron chi connectivity index (χ0n) is 14.4. The first kappa shape index (κ1) is 16.7. The highest BCUT2D eigenvalue weighted by Gasteiger charge is 2.36. The van der Waals surface area contributed by atoms with Crippen molar-refractivity contribution in [2.24, 2.45) is 0 Å². The summed E-state index contributed by atoms with van der Waals surface area (Å²) in [5.41, 5.74) is 2.28. The number of amides is 3. The monoisotopic (exact) mass is 366 g/mol. The van der Waals surface area contributed by atoms with Crippen molar-refractivity contribution in [1.29, 1.82) is 0 Å². The number of nitrogens with zero attached hydrogens (tertiary/aromatic N) is 2. The van der Waals surface area contributed by atoms with E-state index < -0.39 is 0 Å². The molecule has 3 amide bonds. The quantitative estimate of drug-likeness (QED) is 0.619. The zero-order valence-corrected chi connectivity index (χ0v) is 15.2. The number of hydrogen-bond donors (Lipinski definition) is 0. The van der Waals surface area contributed by atoms with Crippen LogP contribution in [-0.2, 0) is 6.42 Å². The van der Waals surface area contributed by atoms with Gasteiger partial charge in [-0.3, -0.25) is 19.3 Å². The van der Waals surface area contributed by atoms with Crippen molar-refractivity contribution in [2.45, 2.75) is 19.4 Å². The molecule has 2 aliphatic rings. The van der Waals surface area contributed by atoms with Gasteiger partial charge in [0.2, 0.25) is 0 Å². The van der Waals surface area contributed by atoms with Crippen LogP contribution in [0.15, 0.2) is 42.3 Å². The number of fused-ring (bicyclic) bond motifs is 2. The molecule has 0 unspecified atom stereocenters. The highest BCUT2D eigenvalue weighted by atomic mass is 32.1. The van der Waals surface area contributed by atoms with E-state index in [1.165, 1.54) is 16.5 Å². The predicted molar refractivity (Wildman–Crippen MR) is 99.5 cm³/mol. The second-order valence-corrected chi connectivity index (χ2v) is 7.49. The van der Waals surface area contributed by atoms with Gasteiger partial charge in [-0.05, 0) is 48.6 Å². The average molecular weight is 366 g/mol. The molecule has 0 radical (unpaired) electrons. The lowest BCUT2D eigenvalue weighted by atomic mass is 9.99. The van der Waals surface area contributed by atoms with E-state index in [0.717, 1.165) is 11.3 Å². The summed E-state index contributed by atoms with van der Waals surface area (Å²) in [5.74, 6) is -0.816. The van der Waals surface area contributed by atoms with E-state index in [0.29, 0.717) is 23.2 Å². The molecule has 3 heterocycles. The smallest absolute Gasteiger partial charge is 0.261 e. The molecule has 0 saturated carbocycles. The topological polar surface area (TPSA) is 57.7 Å². The molecule has 26 heavy (non-hydrogen) atoms. The molecule has 1 aromatic heterocycles. The molecule has 2 aromatic rings. The number of carbonyl (C=O) groups excluding carboxylic acids is 3. The van der Waals surface area contributed by atoms with Crippen LogP contribution in [0.2, 0.25) is 0 Å². The second-order valence-electron chi connectivity index (χ2n) is 6.49. The van der Waals surface area contributed by atoms with Gasteiger partial charge in [-0.25, -0.2) is 0 Å². The van der Waals surface area contributed by atoms with Gasteiger partial charge in [0.25, 0.3) is 17.7 Å². The van der Waals surface area contributed by atoms with Crippen molar-refractivity contribution >= 4 is 29.1 Å². The van der Waals surface area contributed by atoms with E-state index in [4.69, 9.17) is 0 Å². The van der Waals surface area contributed by atoms with Crippen molar-refractivity contribution in [2.75, 3.05) is 13.1 Å². The third-order valence-corrected chi connectivity index (χ3v) is 6.06. The van der Waals surface area contributed by atoms with Crippen LogP contribution in [0.3, 0.4) is 0 Å². The van der Waals surface area contributed by atoms with Gasteiger partial charge in [0.05, 0.1) is 17.2 Å². The minimum Gasteiger partial charge on any atom is -0.331 e. The summed E-state index contributed by atoms with van der Waals surface area (Å²) in [6, 6.07) is 6.84. The van der Waals surface area contributed by atoms with Crippen molar-refractivity contribution in [3.05, 3.63) is 69.4 Å². The lowest BCUT2D eigenvalue weighted by Crippen LogP contribution is -2.38. The van der Waals surface area contributed by atoms with Crippen LogP contribution in [0.25, 0.3) is 0 Å². The molecule has 2 aliphatic heterocycles. The Hall–Kier alpha value is -2.73. The minimum atomic E-state index is -0.369. The molecule has 0 bridgehead atoms. The van der Waals surface area contributed by atoms with Gasteiger partial charge >= 0.3 is 0 Å². The summed E-state index contributed by atoms with van der Waals surface area (Å²) in [4.78, 5) is 42.1. The van der Waals surface area contributed by atoms with E-state index in [-0.39, 0.29) is 30.3 Å². The van der Waals surface area contributed by atoms with Gasteiger partial charge in [-0.1, -0.05) is 6.08 Å². The number of carbonyl (C=O) groups is 3. The summed E-state index contributed by atoms with van der Waals surface area (Å²) in [5, 5.41) is 2.06. The van der Waals surface area contributed by atoms with Crippen molar-refractivity contribution < 1.29 is 14.4 Å². The second kappa shape index (κ2) is 6.21. The number of benzene rings is 1. The van der Waals surface area contributed by atoms with Gasteiger partial charge in [0.1, 0.15) is 0 Å². The molecule has 6 heteroatoms. The Kier molecular flexibility index (Phi) is 4.00. The maximum absolute atomic E-state index is 13.0. The molecule has 5 nitrogen and oxygen atoms in total. The number of hydrogen-bond acceptors (Lipinski definition) is 4. The maximum atomic E-state index is 13.0. The normalized spacial score (nSPS) is 18.7. The van der Waals surface area contributed by atoms with Gasteiger partial charge in [0, 0.05) is 23.5 Å². The minimum absolute atomic E-state index is 0.000326. The Bertz CT molecular complexity index is 946. The summed E-state index contributed by atoms with van der Waals surface area (Å²) >= 11 is 1.73. The largest absolute Gasteiger partial charge is 0.331 e. The van der Waals surface area contributed by atoms with E-state index >= 15 is 0 Å². The Morgan fingerprint density at radius 2 is 2.04 bits per heavy atom. The first-order valence-electron chi connectivity index (χ1n) is 8.51. The van der Waals surface area contributed by atoms with E-state index in [2.05, 4.69) is 18.0 Å². The fourth-order valence-corrected chi connectivity index (χ4v) is 4.63.